The van der Waals surface area contributed by atoms with Gasteiger partial charge in [0.05, 0.1) is 10.7 Å². The summed E-state index contributed by atoms with van der Waals surface area (Å²) in [4.78, 5) is 15.4. The maximum atomic E-state index is 12.2. The Morgan fingerprint density at radius 2 is 2.19 bits per heavy atom. The Morgan fingerprint density at radius 1 is 1.43 bits per heavy atom. The summed E-state index contributed by atoms with van der Waals surface area (Å²) in [5, 5.41) is 4.15. The lowest BCUT2D eigenvalue weighted by atomic mass is 10.00. The first-order chi connectivity index (χ1) is 10.1. The zero-order valence-corrected chi connectivity index (χ0v) is 13.8. The second-order valence-corrected chi connectivity index (χ2v) is 7.39. The van der Waals surface area contributed by atoms with Gasteiger partial charge < -0.3 is 16.0 Å². The van der Waals surface area contributed by atoms with E-state index in [4.69, 9.17) is 5.73 Å². The van der Waals surface area contributed by atoms with Crippen LogP contribution in [0.15, 0.2) is 0 Å². The summed E-state index contributed by atoms with van der Waals surface area (Å²) in [6.45, 7) is 7.08. The van der Waals surface area contributed by atoms with Crippen molar-refractivity contribution in [3.63, 3.8) is 0 Å². The van der Waals surface area contributed by atoms with Gasteiger partial charge in [-0.15, -0.1) is 11.3 Å². The first-order valence-corrected chi connectivity index (χ1v) is 8.88. The quantitative estimate of drug-likeness (QED) is 0.898. The van der Waals surface area contributed by atoms with Crippen molar-refractivity contribution in [2.45, 2.75) is 45.4 Å². The molecule has 1 aromatic rings. The van der Waals surface area contributed by atoms with Crippen molar-refractivity contribution >= 4 is 27.9 Å². The third kappa shape index (κ3) is 2.89. The molecule has 1 aliphatic heterocycles. The number of nitrogens with one attached hydrogen (secondary N) is 1. The van der Waals surface area contributed by atoms with Gasteiger partial charge in [0, 0.05) is 25.2 Å². The van der Waals surface area contributed by atoms with Gasteiger partial charge in [-0.25, -0.2) is 0 Å². The summed E-state index contributed by atoms with van der Waals surface area (Å²) in [6.07, 6.45) is 4.97. The number of nitrogen functional groups attached to an aromatic ring is 1. The average Bonchev–Trinajstić information content (AvgIpc) is 3.22. The molecule has 1 atom stereocenters. The van der Waals surface area contributed by atoms with E-state index in [1.54, 1.807) is 11.3 Å². The number of hydrogen-bond acceptors (Lipinski definition) is 4. The Hall–Kier alpha value is -1.23. The smallest absolute Gasteiger partial charge is 0.263 e. The molecule has 116 valence electrons. The van der Waals surface area contributed by atoms with Crippen molar-refractivity contribution in [2.24, 2.45) is 5.92 Å². The molecule has 21 heavy (non-hydrogen) atoms. The number of carbonyl (C=O) groups is 1. The molecule has 3 rings (SSSR count). The van der Waals surface area contributed by atoms with Crippen LogP contribution in [-0.2, 0) is 0 Å². The summed E-state index contributed by atoms with van der Waals surface area (Å²) in [5.74, 6) is 1.29. The Bertz CT molecular complexity index is 536. The number of carbonyl (C=O) groups excluding carboxylic acids is 1. The van der Waals surface area contributed by atoms with Crippen molar-refractivity contribution in [2.75, 3.05) is 30.3 Å². The Labute approximate surface area is 130 Å². The molecule has 2 fully saturated rings. The third-order valence-electron chi connectivity index (χ3n) is 4.44. The van der Waals surface area contributed by atoms with Crippen LogP contribution in [-0.4, -0.2) is 25.5 Å². The second kappa shape index (κ2) is 5.87. The number of thiophene rings is 1. The molecular formula is C16H25N3OS. The predicted molar refractivity (Wildman–Crippen MR) is 89.3 cm³/mol. The highest BCUT2D eigenvalue weighted by Gasteiger charge is 2.35. The fourth-order valence-electron chi connectivity index (χ4n) is 3.23. The molecule has 0 spiro atoms. The van der Waals surface area contributed by atoms with E-state index in [0.29, 0.717) is 17.3 Å². The van der Waals surface area contributed by atoms with Crippen LogP contribution < -0.4 is 16.0 Å². The number of amides is 1. The first kappa shape index (κ1) is 14.7. The first-order valence-electron chi connectivity index (χ1n) is 8.07. The van der Waals surface area contributed by atoms with E-state index in [2.05, 4.69) is 17.1 Å². The fraction of sp³-hybridized carbons (Fsp3) is 0.688. The number of rotatable bonds is 4. The molecule has 1 aliphatic carbocycles. The van der Waals surface area contributed by atoms with Gasteiger partial charge >= 0.3 is 0 Å². The minimum atomic E-state index is -0.0155. The standard InChI is InChI=1S/C16H25N3OS/c1-3-18-15(20)14-13(17)12(11-6-7-11)16(21-14)19-8-4-5-10(2)9-19/h10-11H,3-9,17H2,1-2H3,(H,18,20). The Balaban J connectivity index is 1.94. The number of anilines is 2. The van der Waals surface area contributed by atoms with Gasteiger partial charge in [-0.05, 0) is 44.4 Å². The highest BCUT2D eigenvalue weighted by Crippen LogP contribution is 2.52. The zero-order valence-electron chi connectivity index (χ0n) is 12.9. The van der Waals surface area contributed by atoms with Crippen LogP contribution in [0.1, 0.15) is 60.7 Å². The van der Waals surface area contributed by atoms with Crippen LogP contribution in [0.25, 0.3) is 0 Å². The highest BCUT2D eigenvalue weighted by molar-refractivity contribution is 7.18. The molecule has 0 radical (unpaired) electrons. The summed E-state index contributed by atoms with van der Waals surface area (Å²) in [5.41, 5.74) is 8.34. The van der Waals surface area contributed by atoms with Crippen LogP contribution >= 0.6 is 11.3 Å². The van der Waals surface area contributed by atoms with Crippen molar-refractivity contribution in [1.29, 1.82) is 0 Å². The minimum Gasteiger partial charge on any atom is -0.397 e. The topological polar surface area (TPSA) is 58.4 Å². The Morgan fingerprint density at radius 3 is 2.81 bits per heavy atom. The molecule has 3 N–H and O–H groups in total. The van der Waals surface area contributed by atoms with Gasteiger partial charge in [-0.3, -0.25) is 4.79 Å². The lowest BCUT2D eigenvalue weighted by molar-refractivity contribution is 0.0960. The number of nitrogens with zero attached hydrogens (tertiary/aromatic N) is 1. The van der Waals surface area contributed by atoms with E-state index in [0.717, 1.165) is 24.7 Å². The highest BCUT2D eigenvalue weighted by atomic mass is 32.1. The lowest BCUT2D eigenvalue weighted by Gasteiger charge is -2.32. The van der Waals surface area contributed by atoms with Crippen molar-refractivity contribution in [3.8, 4) is 0 Å². The van der Waals surface area contributed by atoms with E-state index in [1.165, 1.54) is 36.2 Å². The lowest BCUT2D eigenvalue weighted by Crippen LogP contribution is -2.34. The SMILES string of the molecule is CCNC(=O)c1sc(N2CCCC(C)C2)c(C2CC2)c1N. The van der Waals surface area contributed by atoms with Gasteiger partial charge in [0.15, 0.2) is 0 Å². The molecule has 5 heteroatoms. The molecule has 1 amide bonds. The maximum Gasteiger partial charge on any atom is 0.263 e. The molecule has 2 aliphatic rings. The second-order valence-electron chi connectivity index (χ2n) is 6.39. The van der Waals surface area contributed by atoms with Gasteiger partial charge in [0.25, 0.3) is 5.91 Å². The third-order valence-corrected chi connectivity index (χ3v) is 5.72. The molecule has 1 aromatic heterocycles. The van der Waals surface area contributed by atoms with Crippen LogP contribution in [0.4, 0.5) is 10.7 Å². The maximum absolute atomic E-state index is 12.2. The molecular weight excluding hydrogens is 282 g/mol. The number of piperidine rings is 1. The van der Waals surface area contributed by atoms with Crippen molar-refractivity contribution in [1.82, 2.24) is 5.32 Å². The molecule has 1 unspecified atom stereocenters. The van der Waals surface area contributed by atoms with Crippen LogP contribution in [0.3, 0.4) is 0 Å². The summed E-state index contributed by atoms with van der Waals surface area (Å²) in [6, 6.07) is 0. The minimum absolute atomic E-state index is 0.0155. The number of hydrogen-bond donors (Lipinski definition) is 2. The monoisotopic (exact) mass is 307 g/mol. The van der Waals surface area contributed by atoms with E-state index in [9.17, 15) is 4.79 Å². The molecule has 2 heterocycles. The van der Waals surface area contributed by atoms with E-state index < -0.39 is 0 Å². The van der Waals surface area contributed by atoms with E-state index in [1.807, 2.05) is 6.92 Å². The number of nitrogens with two attached hydrogens (primary N) is 1. The van der Waals surface area contributed by atoms with Crippen molar-refractivity contribution in [3.05, 3.63) is 10.4 Å². The van der Waals surface area contributed by atoms with Gasteiger partial charge in [0.2, 0.25) is 0 Å². The van der Waals surface area contributed by atoms with Gasteiger partial charge in [0.1, 0.15) is 4.88 Å². The van der Waals surface area contributed by atoms with Gasteiger partial charge in [-0.1, -0.05) is 6.92 Å². The van der Waals surface area contributed by atoms with Gasteiger partial charge in [-0.2, -0.15) is 0 Å². The molecule has 4 nitrogen and oxygen atoms in total. The summed E-state index contributed by atoms with van der Waals surface area (Å²) < 4.78 is 0. The average molecular weight is 307 g/mol. The largest absolute Gasteiger partial charge is 0.397 e. The van der Waals surface area contributed by atoms with Crippen LogP contribution in [0.5, 0.6) is 0 Å². The fourth-order valence-corrected chi connectivity index (χ4v) is 4.49. The Kier molecular flexibility index (Phi) is 4.11. The van der Waals surface area contributed by atoms with Crippen LogP contribution in [0, 0.1) is 5.92 Å². The predicted octanol–water partition coefficient (Wildman–Crippen LogP) is 3.19. The molecule has 1 saturated heterocycles. The summed E-state index contributed by atoms with van der Waals surface area (Å²) in [7, 11) is 0. The molecule has 0 aromatic carbocycles. The van der Waals surface area contributed by atoms with E-state index in [-0.39, 0.29) is 5.91 Å². The normalized spacial score (nSPS) is 22.4. The summed E-state index contributed by atoms with van der Waals surface area (Å²) >= 11 is 1.60. The van der Waals surface area contributed by atoms with Crippen LogP contribution in [0.2, 0.25) is 0 Å². The zero-order chi connectivity index (χ0) is 15.0. The molecule has 1 saturated carbocycles. The van der Waals surface area contributed by atoms with Crippen molar-refractivity contribution < 1.29 is 4.79 Å². The molecule has 0 bridgehead atoms. The van der Waals surface area contributed by atoms with E-state index >= 15 is 0 Å².